The molecule has 2 amide bonds. The zero-order valence-corrected chi connectivity index (χ0v) is 15.2. The third-order valence-electron chi connectivity index (χ3n) is 4.29. The molecule has 6 nitrogen and oxygen atoms in total. The number of nitrogens with zero attached hydrogens (tertiary/aromatic N) is 2. The van der Waals surface area contributed by atoms with Crippen molar-refractivity contribution in [2.75, 3.05) is 18.4 Å². The predicted octanol–water partition coefficient (Wildman–Crippen LogP) is 2.89. The molecule has 0 aliphatic carbocycles. The molecule has 0 bridgehead atoms. The molecule has 0 saturated carbocycles. The van der Waals surface area contributed by atoms with Crippen LogP contribution in [0.2, 0.25) is 0 Å². The Balaban J connectivity index is 1.80. The van der Waals surface area contributed by atoms with Crippen LogP contribution in [0.5, 0.6) is 0 Å². The van der Waals surface area contributed by atoms with Crippen LogP contribution in [-0.2, 0) is 4.74 Å². The maximum absolute atomic E-state index is 13.0. The van der Waals surface area contributed by atoms with Crippen LogP contribution < -0.4 is 5.32 Å². The van der Waals surface area contributed by atoms with E-state index < -0.39 is 0 Å². The van der Waals surface area contributed by atoms with Crippen LogP contribution >= 0.6 is 0 Å². The molecule has 2 heterocycles. The van der Waals surface area contributed by atoms with Gasteiger partial charge in [-0.15, -0.1) is 0 Å². The normalized spacial score (nSPS) is 19.9. The highest BCUT2D eigenvalue weighted by atomic mass is 16.5. The van der Waals surface area contributed by atoms with E-state index in [0.717, 1.165) is 5.69 Å². The quantitative estimate of drug-likeness (QED) is 0.921. The summed E-state index contributed by atoms with van der Waals surface area (Å²) in [6.07, 6.45) is 1.51. The van der Waals surface area contributed by atoms with Crippen molar-refractivity contribution in [2.45, 2.75) is 33.0 Å². The molecule has 1 aliphatic heterocycles. The zero-order valence-electron chi connectivity index (χ0n) is 15.2. The van der Waals surface area contributed by atoms with Gasteiger partial charge in [0, 0.05) is 25.0 Å². The third-order valence-corrected chi connectivity index (χ3v) is 4.29. The van der Waals surface area contributed by atoms with Gasteiger partial charge in [-0.1, -0.05) is 12.1 Å². The molecule has 1 aromatic heterocycles. The largest absolute Gasteiger partial charge is 0.372 e. The first-order valence-corrected chi connectivity index (χ1v) is 8.72. The topological polar surface area (TPSA) is 71.5 Å². The highest BCUT2D eigenvalue weighted by molar-refractivity contribution is 6.08. The maximum Gasteiger partial charge on any atom is 0.257 e. The highest BCUT2D eigenvalue weighted by Crippen LogP contribution is 2.21. The van der Waals surface area contributed by atoms with Crippen LogP contribution in [-0.4, -0.2) is 47.0 Å². The van der Waals surface area contributed by atoms with Crippen LogP contribution in [0.4, 0.5) is 5.69 Å². The van der Waals surface area contributed by atoms with Crippen LogP contribution in [0, 0.1) is 6.92 Å². The first kappa shape index (κ1) is 18.1. The molecule has 136 valence electrons. The molecule has 0 radical (unpaired) electrons. The number of carbonyl (C=O) groups excluding carboxylic acids is 2. The lowest BCUT2D eigenvalue weighted by molar-refractivity contribution is -0.0585. The number of aryl methyl sites for hydroxylation is 1. The van der Waals surface area contributed by atoms with Gasteiger partial charge in [0.2, 0.25) is 0 Å². The lowest BCUT2D eigenvalue weighted by Crippen LogP contribution is -2.48. The molecule has 2 aromatic rings. The number of carbonyl (C=O) groups is 2. The summed E-state index contributed by atoms with van der Waals surface area (Å²) in [7, 11) is 0. The van der Waals surface area contributed by atoms with Crippen molar-refractivity contribution in [3.05, 3.63) is 59.4 Å². The van der Waals surface area contributed by atoms with Crippen LogP contribution in [0.3, 0.4) is 0 Å². The van der Waals surface area contributed by atoms with E-state index in [-0.39, 0.29) is 24.0 Å². The molecule has 3 rings (SSSR count). The standard InChI is InChI=1S/C20H23N3O3/c1-13-8-9-16(10-21-13)19(24)22-18-7-5-4-6-17(18)20(25)23-11-14(2)26-15(3)12-23/h4-10,14-15H,11-12H2,1-3H3,(H,22,24)/t14-,15-/m1/s1. The second-order valence-electron chi connectivity index (χ2n) is 6.66. The molecule has 1 aliphatic rings. The molecule has 0 spiro atoms. The third kappa shape index (κ3) is 4.08. The Morgan fingerprint density at radius 1 is 1.12 bits per heavy atom. The van der Waals surface area contributed by atoms with Gasteiger partial charge >= 0.3 is 0 Å². The minimum absolute atomic E-state index is 0.0110. The van der Waals surface area contributed by atoms with Gasteiger partial charge in [0.05, 0.1) is 29.0 Å². The number of rotatable bonds is 3. The first-order chi connectivity index (χ1) is 12.4. The summed E-state index contributed by atoms with van der Waals surface area (Å²) in [5.41, 5.74) is 2.26. The number of nitrogens with one attached hydrogen (secondary N) is 1. The summed E-state index contributed by atoms with van der Waals surface area (Å²) in [6.45, 7) is 6.84. The number of hydrogen-bond donors (Lipinski definition) is 1. The SMILES string of the molecule is Cc1ccc(C(=O)Nc2ccccc2C(=O)N2C[C@@H](C)O[C@H](C)C2)cn1. The molecule has 1 N–H and O–H groups in total. The van der Waals surface area contributed by atoms with E-state index in [1.54, 1.807) is 41.3 Å². The van der Waals surface area contributed by atoms with E-state index in [1.807, 2.05) is 20.8 Å². The highest BCUT2D eigenvalue weighted by Gasteiger charge is 2.28. The molecule has 26 heavy (non-hydrogen) atoms. The molecule has 2 atom stereocenters. The van der Waals surface area contributed by atoms with E-state index in [4.69, 9.17) is 4.74 Å². The number of amides is 2. The van der Waals surface area contributed by atoms with Gasteiger partial charge in [-0.3, -0.25) is 14.6 Å². The minimum Gasteiger partial charge on any atom is -0.372 e. The summed E-state index contributed by atoms with van der Waals surface area (Å²) >= 11 is 0. The minimum atomic E-state index is -0.290. The number of hydrogen-bond acceptors (Lipinski definition) is 4. The first-order valence-electron chi connectivity index (χ1n) is 8.72. The molecular weight excluding hydrogens is 330 g/mol. The summed E-state index contributed by atoms with van der Waals surface area (Å²) < 4.78 is 5.69. The fourth-order valence-electron chi connectivity index (χ4n) is 3.09. The Hall–Kier alpha value is -2.73. The van der Waals surface area contributed by atoms with E-state index in [0.29, 0.717) is 29.9 Å². The van der Waals surface area contributed by atoms with Gasteiger partial charge in [0.25, 0.3) is 11.8 Å². The van der Waals surface area contributed by atoms with Crippen molar-refractivity contribution in [2.24, 2.45) is 0 Å². The van der Waals surface area contributed by atoms with E-state index in [1.165, 1.54) is 6.20 Å². The van der Waals surface area contributed by atoms with Crippen LogP contribution in [0.15, 0.2) is 42.6 Å². The maximum atomic E-state index is 13.0. The fourth-order valence-corrected chi connectivity index (χ4v) is 3.09. The number of anilines is 1. The van der Waals surface area contributed by atoms with Crippen molar-refractivity contribution in [3.63, 3.8) is 0 Å². The number of aromatic nitrogens is 1. The lowest BCUT2D eigenvalue weighted by Gasteiger charge is -2.35. The Morgan fingerprint density at radius 2 is 1.81 bits per heavy atom. The summed E-state index contributed by atoms with van der Waals surface area (Å²) in [5.74, 6) is -0.397. The predicted molar refractivity (Wildman–Crippen MR) is 99.3 cm³/mol. The van der Waals surface area contributed by atoms with Gasteiger partial charge < -0.3 is 15.0 Å². The van der Waals surface area contributed by atoms with Gasteiger partial charge in [-0.2, -0.15) is 0 Å². The summed E-state index contributed by atoms with van der Waals surface area (Å²) in [4.78, 5) is 31.4. The van der Waals surface area contributed by atoms with Gasteiger partial charge in [0.15, 0.2) is 0 Å². The van der Waals surface area contributed by atoms with Crippen molar-refractivity contribution < 1.29 is 14.3 Å². The van der Waals surface area contributed by atoms with Crippen LogP contribution in [0.25, 0.3) is 0 Å². The lowest BCUT2D eigenvalue weighted by atomic mass is 10.1. The number of morpholine rings is 1. The molecule has 1 saturated heterocycles. The number of para-hydroxylation sites is 1. The Morgan fingerprint density at radius 3 is 2.46 bits per heavy atom. The monoisotopic (exact) mass is 353 g/mol. The van der Waals surface area contributed by atoms with Crippen molar-refractivity contribution >= 4 is 17.5 Å². The molecule has 6 heteroatoms. The van der Waals surface area contributed by atoms with Crippen molar-refractivity contribution in [1.29, 1.82) is 0 Å². The Bertz CT molecular complexity index is 794. The second-order valence-corrected chi connectivity index (χ2v) is 6.66. The summed E-state index contributed by atoms with van der Waals surface area (Å²) in [6, 6.07) is 10.6. The van der Waals surface area contributed by atoms with Crippen LogP contribution in [0.1, 0.15) is 40.3 Å². The fraction of sp³-hybridized carbons (Fsp3) is 0.350. The Kier molecular flexibility index (Phi) is 5.32. The smallest absolute Gasteiger partial charge is 0.257 e. The van der Waals surface area contributed by atoms with Gasteiger partial charge in [-0.05, 0) is 45.0 Å². The van der Waals surface area contributed by atoms with E-state index in [2.05, 4.69) is 10.3 Å². The zero-order chi connectivity index (χ0) is 18.7. The molecule has 1 aromatic carbocycles. The average molecular weight is 353 g/mol. The van der Waals surface area contributed by atoms with Gasteiger partial charge in [0.1, 0.15) is 0 Å². The van der Waals surface area contributed by atoms with E-state index >= 15 is 0 Å². The summed E-state index contributed by atoms with van der Waals surface area (Å²) in [5, 5.41) is 2.83. The number of pyridine rings is 1. The molecule has 1 fully saturated rings. The van der Waals surface area contributed by atoms with Crippen molar-refractivity contribution in [3.8, 4) is 0 Å². The molecule has 0 unspecified atom stereocenters. The number of benzene rings is 1. The Labute approximate surface area is 153 Å². The average Bonchev–Trinajstić information content (AvgIpc) is 2.61. The van der Waals surface area contributed by atoms with E-state index in [9.17, 15) is 9.59 Å². The molecular formula is C20H23N3O3. The van der Waals surface area contributed by atoms with Gasteiger partial charge in [-0.25, -0.2) is 0 Å². The second kappa shape index (κ2) is 7.66. The van der Waals surface area contributed by atoms with Crippen molar-refractivity contribution in [1.82, 2.24) is 9.88 Å². The number of ether oxygens (including phenoxy) is 1.